The first kappa shape index (κ1) is 29.2. The number of benzene rings is 2. The molecule has 40 heavy (non-hydrogen) atoms. The van der Waals surface area contributed by atoms with Crippen molar-refractivity contribution in [3.8, 4) is 45.6 Å². The number of carbonyl (C=O) groups is 2. The first-order chi connectivity index (χ1) is 19.1. The maximum atomic E-state index is 13.2. The Kier molecular flexibility index (Phi) is 8.56. The summed E-state index contributed by atoms with van der Waals surface area (Å²) in [7, 11) is 6.08. The Morgan fingerprint density at radius 2 is 1.43 bits per heavy atom. The van der Waals surface area contributed by atoms with Gasteiger partial charge in [-0.05, 0) is 18.6 Å². The molecule has 0 amide bonds. The van der Waals surface area contributed by atoms with Crippen molar-refractivity contribution in [2.45, 2.75) is 53.2 Å². The number of esters is 2. The van der Waals surface area contributed by atoms with Crippen molar-refractivity contribution >= 4 is 11.9 Å². The van der Waals surface area contributed by atoms with Crippen molar-refractivity contribution in [2.24, 2.45) is 17.8 Å². The van der Waals surface area contributed by atoms with Crippen LogP contribution in [0.15, 0.2) is 12.1 Å². The zero-order chi connectivity index (χ0) is 29.3. The van der Waals surface area contributed by atoms with Crippen molar-refractivity contribution in [2.75, 3.05) is 35.2 Å². The summed E-state index contributed by atoms with van der Waals surface area (Å²) in [6, 6.07) is 3.61. The van der Waals surface area contributed by atoms with Gasteiger partial charge in [-0.2, -0.15) is 0 Å². The van der Waals surface area contributed by atoms with Crippen molar-refractivity contribution in [3.05, 3.63) is 23.3 Å². The molecule has 5 atom stereocenters. The maximum Gasteiger partial charge on any atom is 0.309 e. The molecule has 1 aliphatic heterocycles. The van der Waals surface area contributed by atoms with Gasteiger partial charge in [0.1, 0.15) is 12.2 Å². The second-order valence-corrected chi connectivity index (χ2v) is 10.1. The van der Waals surface area contributed by atoms with Gasteiger partial charge in [0.05, 0.1) is 34.4 Å². The van der Waals surface area contributed by atoms with E-state index in [9.17, 15) is 9.59 Å². The number of hydrogen-bond acceptors (Lipinski definition) is 10. The number of carbonyl (C=O) groups excluding carboxylic acids is 2. The van der Waals surface area contributed by atoms with E-state index in [0.717, 1.165) is 0 Å². The molecule has 1 aliphatic carbocycles. The molecule has 1 heterocycles. The van der Waals surface area contributed by atoms with Gasteiger partial charge in [0, 0.05) is 41.0 Å². The Bertz CT molecular complexity index is 1290. The third-order valence-electron chi connectivity index (χ3n) is 7.91. The number of hydrogen-bond donors (Lipinski definition) is 0. The fourth-order valence-corrected chi connectivity index (χ4v) is 5.41. The summed E-state index contributed by atoms with van der Waals surface area (Å²) in [6.45, 7) is 9.06. The molecule has 0 bridgehead atoms. The summed E-state index contributed by atoms with van der Waals surface area (Å²) in [5, 5.41) is 0. The molecule has 0 radical (unpaired) electrons. The van der Waals surface area contributed by atoms with Gasteiger partial charge >= 0.3 is 11.9 Å². The molecular formula is C30H38O10. The normalized spacial score (nSPS) is 21.6. The fourth-order valence-electron chi connectivity index (χ4n) is 5.41. The lowest BCUT2D eigenvalue weighted by Gasteiger charge is -2.39. The maximum absolute atomic E-state index is 13.2. The Hall–Kier alpha value is -3.82. The molecular weight excluding hydrogens is 520 g/mol. The van der Waals surface area contributed by atoms with E-state index in [1.807, 2.05) is 33.8 Å². The summed E-state index contributed by atoms with van der Waals surface area (Å²) in [4.78, 5) is 25.7. The average molecular weight is 559 g/mol. The summed E-state index contributed by atoms with van der Waals surface area (Å²) in [5.41, 5.74) is 2.36. The van der Waals surface area contributed by atoms with Gasteiger partial charge < -0.3 is 37.9 Å². The number of methoxy groups -OCH3 is 4. The number of ether oxygens (including phenoxy) is 8. The highest BCUT2D eigenvalue weighted by atomic mass is 16.7. The second kappa shape index (κ2) is 11.7. The van der Waals surface area contributed by atoms with E-state index < -0.39 is 18.2 Å². The van der Waals surface area contributed by atoms with Crippen LogP contribution in [0.25, 0.3) is 11.1 Å². The standard InChI is InChI=1S/C30H38O10/c1-10-14(2)30(32)40-25-16(4)15(3)24(39-17(5)31)18-11-20(33-6)26(34-7)28(35-8)22(18)23-19(25)12-21-27(29(23)36-9)38-13-37-21/h11-12,14-16,24-25H,10,13H2,1-9H3. The molecule has 0 saturated heterocycles. The van der Waals surface area contributed by atoms with E-state index in [1.165, 1.54) is 35.4 Å². The largest absolute Gasteiger partial charge is 0.493 e. The van der Waals surface area contributed by atoms with Crippen LogP contribution in [-0.4, -0.2) is 47.2 Å². The molecule has 2 aromatic rings. The van der Waals surface area contributed by atoms with Crippen LogP contribution in [0.2, 0.25) is 0 Å². The molecule has 4 rings (SSSR count). The molecule has 0 saturated carbocycles. The van der Waals surface area contributed by atoms with Gasteiger partial charge in [-0.3, -0.25) is 9.59 Å². The predicted octanol–water partition coefficient (Wildman–Crippen LogP) is 5.64. The van der Waals surface area contributed by atoms with Crippen molar-refractivity contribution in [1.29, 1.82) is 0 Å². The van der Waals surface area contributed by atoms with E-state index in [2.05, 4.69) is 0 Å². The van der Waals surface area contributed by atoms with E-state index in [-0.39, 0.29) is 30.5 Å². The Morgan fingerprint density at radius 3 is 1.98 bits per heavy atom. The van der Waals surface area contributed by atoms with Crippen LogP contribution in [0.5, 0.6) is 34.5 Å². The predicted molar refractivity (Wildman–Crippen MR) is 145 cm³/mol. The zero-order valence-corrected chi connectivity index (χ0v) is 24.5. The van der Waals surface area contributed by atoms with Crippen LogP contribution in [0, 0.1) is 17.8 Å². The summed E-state index contributed by atoms with van der Waals surface area (Å²) in [6.07, 6.45) is -0.889. The average Bonchev–Trinajstić information content (AvgIpc) is 3.43. The van der Waals surface area contributed by atoms with Gasteiger partial charge in [0.25, 0.3) is 0 Å². The number of fused-ring (bicyclic) bond motifs is 4. The first-order valence-corrected chi connectivity index (χ1v) is 13.3. The van der Waals surface area contributed by atoms with Crippen molar-refractivity contribution in [1.82, 2.24) is 0 Å². The SMILES string of the molecule is CCC(C)C(=O)OC1c2cc3c(c(OC)c2-c2c(cc(OC)c(OC)c2OC)C(OC(C)=O)C(C)C1C)OCO3. The first-order valence-electron chi connectivity index (χ1n) is 13.3. The molecule has 5 unspecified atom stereocenters. The van der Waals surface area contributed by atoms with E-state index in [0.29, 0.717) is 63.2 Å². The Balaban J connectivity index is 2.19. The lowest BCUT2D eigenvalue weighted by Crippen LogP contribution is -2.32. The summed E-state index contributed by atoms with van der Waals surface area (Å²) in [5.74, 6) is 0.571. The van der Waals surface area contributed by atoms with Crippen molar-refractivity contribution in [3.63, 3.8) is 0 Å². The van der Waals surface area contributed by atoms with Crippen LogP contribution in [-0.2, 0) is 19.1 Å². The molecule has 0 N–H and O–H groups in total. The second-order valence-electron chi connectivity index (χ2n) is 10.1. The van der Waals surface area contributed by atoms with Crippen LogP contribution in [0.4, 0.5) is 0 Å². The summed E-state index contributed by atoms with van der Waals surface area (Å²) < 4.78 is 47.2. The Morgan fingerprint density at radius 1 is 0.850 bits per heavy atom. The topological polar surface area (TPSA) is 108 Å². The zero-order valence-electron chi connectivity index (χ0n) is 24.5. The van der Waals surface area contributed by atoms with Crippen LogP contribution < -0.4 is 28.4 Å². The molecule has 10 heteroatoms. The van der Waals surface area contributed by atoms with Gasteiger partial charge in [0.15, 0.2) is 23.0 Å². The third kappa shape index (κ3) is 4.84. The highest BCUT2D eigenvalue weighted by molar-refractivity contribution is 5.89. The van der Waals surface area contributed by atoms with Gasteiger partial charge in [-0.25, -0.2) is 0 Å². The fraction of sp³-hybridized carbons (Fsp3) is 0.533. The van der Waals surface area contributed by atoms with Crippen LogP contribution in [0.1, 0.15) is 64.4 Å². The summed E-state index contributed by atoms with van der Waals surface area (Å²) >= 11 is 0. The van der Waals surface area contributed by atoms with Crippen LogP contribution >= 0.6 is 0 Å². The van der Waals surface area contributed by atoms with E-state index >= 15 is 0 Å². The lowest BCUT2D eigenvalue weighted by molar-refractivity contribution is -0.162. The van der Waals surface area contributed by atoms with E-state index in [4.69, 9.17) is 37.9 Å². The number of rotatable bonds is 8. The van der Waals surface area contributed by atoms with E-state index in [1.54, 1.807) is 6.07 Å². The molecule has 0 spiro atoms. The highest BCUT2D eigenvalue weighted by Gasteiger charge is 2.44. The minimum absolute atomic E-state index is 0.00383. The molecule has 2 aliphatic rings. The third-order valence-corrected chi connectivity index (χ3v) is 7.91. The smallest absolute Gasteiger partial charge is 0.309 e. The van der Waals surface area contributed by atoms with Gasteiger partial charge in [-0.15, -0.1) is 0 Å². The monoisotopic (exact) mass is 558 g/mol. The van der Waals surface area contributed by atoms with Gasteiger partial charge in [0.2, 0.25) is 18.3 Å². The molecule has 2 aromatic carbocycles. The molecule has 218 valence electrons. The highest BCUT2D eigenvalue weighted by Crippen LogP contribution is 2.60. The van der Waals surface area contributed by atoms with Crippen molar-refractivity contribution < 1.29 is 47.5 Å². The van der Waals surface area contributed by atoms with Crippen LogP contribution in [0.3, 0.4) is 0 Å². The minimum Gasteiger partial charge on any atom is -0.493 e. The molecule has 0 aromatic heterocycles. The quantitative estimate of drug-likeness (QED) is 0.378. The minimum atomic E-state index is -0.760. The lowest BCUT2D eigenvalue weighted by atomic mass is 9.74. The van der Waals surface area contributed by atoms with Gasteiger partial charge in [-0.1, -0.05) is 27.7 Å². The molecule has 0 fully saturated rings. The Labute approximate surface area is 234 Å². The molecule has 10 nitrogen and oxygen atoms in total.